The van der Waals surface area contributed by atoms with Crippen LogP contribution in [-0.4, -0.2) is 26.1 Å². The van der Waals surface area contributed by atoms with Crippen molar-refractivity contribution in [2.24, 2.45) is 0 Å². The van der Waals surface area contributed by atoms with E-state index in [0.717, 1.165) is 17.8 Å². The summed E-state index contributed by atoms with van der Waals surface area (Å²) in [5.41, 5.74) is 0.708. The molecule has 2 aromatic heterocycles. The highest BCUT2D eigenvalue weighted by molar-refractivity contribution is 7.15. The zero-order chi connectivity index (χ0) is 17.1. The second kappa shape index (κ2) is 6.94. The zero-order valence-corrected chi connectivity index (χ0v) is 14.0. The van der Waals surface area contributed by atoms with Crippen LogP contribution in [0.3, 0.4) is 0 Å². The Morgan fingerprint density at radius 2 is 1.88 bits per heavy atom. The van der Waals surface area contributed by atoms with Crippen LogP contribution in [0, 0.1) is 0 Å². The van der Waals surface area contributed by atoms with Gasteiger partial charge in [-0.2, -0.15) is 0 Å². The predicted molar refractivity (Wildman–Crippen MR) is 92.4 cm³/mol. The number of hydrogen-bond acceptors (Lipinski definition) is 7. The molecule has 7 nitrogen and oxygen atoms in total. The molecule has 0 saturated heterocycles. The summed E-state index contributed by atoms with van der Waals surface area (Å²) in [5, 5.41) is 12.4. The number of nitrogens with zero attached hydrogens (tertiary/aromatic N) is 4. The third-order valence-corrected chi connectivity index (χ3v) is 4.70. The van der Waals surface area contributed by atoms with Crippen LogP contribution in [0.2, 0.25) is 0 Å². The largest absolute Gasteiger partial charge is 0.445 e. The van der Waals surface area contributed by atoms with E-state index < -0.39 is 6.10 Å². The highest BCUT2D eigenvalue weighted by Gasteiger charge is 2.29. The van der Waals surface area contributed by atoms with Gasteiger partial charge in [-0.1, -0.05) is 41.7 Å². The molecule has 0 aliphatic heterocycles. The lowest BCUT2D eigenvalue weighted by Gasteiger charge is -2.16. The first-order chi connectivity index (χ1) is 12.3. The first kappa shape index (κ1) is 15.6. The molecule has 1 fully saturated rings. The highest BCUT2D eigenvalue weighted by atomic mass is 32.1. The summed E-state index contributed by atoms with van der Waals surface area (Å²) in [6.45, 7) is 0. The van der Waals surface area contributed by atoms with Gasteiger partial charge in [-0.3, -0.25) is 10.1 Å². The van der Waals surface area contributed by atoms with Gasteiger partial charge in [0, 0.05) is 23.9 Å². The van der Waals surface area contributed by atoms with Gasteiger partial charge < -0.3 is 4.74 Å². The van der Waals surface area contributed by atoms with Crippen molar-refractivity contribution in [2.75, 3.05) is 5.32 Å². The second-order valence-corrected chi connectivity index (χ2v) is 6.66. The van der Waals surface area contributed by atoms with Gasteiger partial charge in [0.15, 0.2) is 0 Å². The number of anilines is 1. The molecule has 8 heteroatoms. The zero-order valence-electron chi connectivity index (χ0n) is 13.2. The van der Waals surface area contributed by atoms with Crippen molar-refractivity contribution in [3.05, 3.63) is 59.4 Å². The van der Waals surface area contributed by atoms with E-state index >= 15 is 0 Å². The minimum atomic E-state index is -0.878. The third kappa shape index (κ3) is 3.80. The number of amides is 1. The van der Waals surface area contributed by atoms with Gasteiger partial charge in [0.05, 0.1) is 0 Å². The first-order valence-electron chi connectivity index (χ1n) is 7.92. The molecule has 0 bridgehead atoms. The Balaban J connectivity index is 1.54. The van der Waals surface area contributed by atoms with Crippen molar-refractivity contribution < 1.29 is 9.53 Å². The minimum Gasteiger partial charge on any atom is -0.445 e. The molecule has 1 unspecified atom stereocenters. The molecule has 1 amide bonds. The average Bonchev–Trinajstić information content (AvgIpc) is 3.41. The maximum Gasteiger partial charge on any atom is 0.317 e. The fourth-order valence-electron chi connectivity index (χ4n) is 2.30. The number of ether oxygens (including phenoxy) is 1. The predicted octanol–water partition coefficient (Wildman–Crippen LogP) is 2.96. The lowest BCUT2D eigenvalue weighted by atomic mass is 10.1. The van der Waals surface area contributed by atoms with Crippen LogP contribution in [0.15, 0.2) is 48.8 Å². The molecule has 25 heavy (non-hydrogen) atoms. The molecular formula is C17H15N5O2S. The molecule has 1 aliphatic carbocycles. The maximum atomic E-state index is 12.8. The van der Waals surface area contributed by atoms with Crippen molar-refractivity contribution in [2.45, 2.75) is 24.9 Å². The molecule has 1 atom stereocenters. The van der Waals surface area contributed by atoms with Crippen LogP contribution in [0.25, 0.3) is 0 Å². The van der Waals surface area contributed by atoms with E-state index in [1.807, 2.05) is 30.3 Å². The highest BCUT2D eigenvalue weighted by Crippen LogP contribution is 2.42. The molecule has 0 radical (unpaired) electrons. The number of nitrogens with one attached hydrogen (secondary N) is 1. The van der Waals surface area contributed by atoms with E-state index in [0.29, 0.717) is 16.6 Å². The Morgan fingerprint density at radius 3 is 2.60 bits per heavy atom. The van der Waals surface area contributed by atoms with Crippen molar-refractivity contribution >= 4 is 22.4 Å². The summed E-state index contributed by atoms with van der Waals surface area (Å²) >= 11 is 1.41. The van der Waals surface area contributed by atoms with E-state index in [4.69, 9.17) is 4.74 Å². The molecule has 1 aromatic carbocycles. The number of carbonyl (C=O) groups excluding carboxylic acids is 1. The Morgan fingerprint density at radius 1 is 1.12 bits per heavy atom. The minimum absolute atomic E-state index is 0.141. The Hall–Kier alpha value is -2.87. The first-order valence-corrected chi connectivity index (χ1v) is 8.74. The summed E-state index contributed by atoms with van der Waals surface area (Å²) in [5.74, 6) is 0.166. The molecular weight excluding hydrogens is 338 g/mol. The van der Waals surface area contributed by atoms with Gasteiger partial charge in [0.25, 0.3) is 5.91 Å². The molecule has 1 N–H and O–H groups in total. The number of rotatable bonds is 6. The van der Waals surface area contributed by atoms with Crippen LogP contribution in [0.1, 0.15) is 35.4 Å². The van der Waals surface area contributed by atoms with Gasteiger partial charge in [-0.05, 0) is 18.9 Å². The van der Waals surface area contributed by atoms with E-state index in [-0.39, 0.29) is 11.9 Å². The Bertz CT molecular complexity index is 852. The van der Waals surface area contributed by atoms with Crippen LogP contribution < -0.4 is 10.1 Å². The lowest BCUT2D eigenvalue weighted by Crippen LogP contribution is -2.26. The SMILES string of the molecule is O=C(Nc1nnc(C2CC2)s1)C(Oc1ncccn1)c1ccccc1. The van der Waals surface area contributed by atoms with Crippen LogP contribution in [-0.2, 0) is 4.79 Å². The molecule has 2 heterocycles. The smallest absolute Gasteiger partial charge is 0.317 e. The number of aromatic nitrogens is 4. The van der Waals surface area contributed by atoms with Gasteiger partial charge in [-0.25, -0.2) is 9.97 Å². The molecule has 126 valence electrons. The maximum absolute atomic E-state index is 12.8. The van der Waals surface area contributed by atoms with Crippen molar-refractivity contribution in [3.8, 4) is 6.01 Å². The van der Waals surface area contributed by atoms with Gasteiger partial charge >= 0.3 is 6.01 Å². The summed E-state index contributed by atoms with van der Waals surface area (Å²) in [7, 11) is 0. The van der Waals surface area contributed by atoms with E-state index in [1.54, 1.807) is 18.5 Å². The van der Waals surface area contributed by atoms with E-state index in [9.17, 15) is 4.79 Å². The standard InChI is InChI=1S/C17H15N5O2S/c23-14(20-17-22-21-15(25-17)12-7-8-12)13(11-5-2-1-3-6-11)24-16-18-9-4-10-19-16/h1-6,9-10,12-13H,7-8H2,(H,20,22,23). The van der Waals surface area contributed by atoms with Crippen molar-refractivity contribution in [1.29, 1.82) is 0 Å². The van der Waals surface area contributed by atoms with Gasteiger partial charge in [0.1, 0.15) is 5.01 Å². The molecule has 1 aliphatic rings. The Kier molecular flexibility index (Phi) is 4.34. The molecule has 4 rings (SSSR count). The summed E-state index contributed by atoms with van der Waals surface area (Å²) < 4.78 is 5.72. The summed E-state index contributed by atoms with van der Waals surface area (Å²) in [6.07, 6.45) is 4.54. The van der Waals surface area contributed by atoms with Gasteiger partial charge in [-0.15, -0.1) is 10.2 Å². The topological polar surface area (TPSA) is 89.9 Å². The fourth-order valence-corrected chi connectivity index (χ4v) is 3.22. The average molecular weight is 353 g/mol. The second-order valence-electron chi connectivity index (χ2n) is 5.65. The van der Waals surface area contributed by atoms with E-state index in [1.165, 1.54) is 11.3 Å². The number of carbonyl (C=O) groups is 1. The quantitative estimate of drug-likeness (QED) is 0.733. The van der Waals surface area contributed by atoms with Crippen LogP contribution in [0.4, 0.5) is 5.13 Å². The molecule has 1 saturated carbocycles. The molecule has 3 aromatic rings. The van der Waals surface area contributed by atoms with E-state index in [2.05, 4.69) is 25.5 Å². The van der Waals surface area contributed by atoms with Gasteiger partial charge in [0.2, 0.25) is 11.2 Å². The van der Waals surface area contributed by atoms with Crippen LogP contribution >= 0.6 is 11.3 Å². The van der Waals surface area contributed by atoms with Crippen LogP contribution in [0.5, 0.6) is 6.01 Å². The third-order valence-electron chi connectivity index (χ3n) is 3.70. The normalized spacial score (nSPS) is 14.7. The van der Waals surface area contributed by atoms with Crippen molar-refractivity contribution in [1.82, 2.24) is 20.2 Å². The fraction of sp³-hybridized carbons (Fsp3) is 0.235. The van der Waals surface area contributed by atoms with Crippen molar-refractivity contribution in [3.63, 3.8) is 0 Å². The number of hydrogen-bond donors (Lipinski definition) is 1. The Labute approximate surface area is 148 Å². The summed E-state index contributed by atoms with van der Waals surface area (Å²) in [4.78, 5) is 20.8. The molecule has 0 spiro atoms. The number of benzene rings is 1. The lowest BCUT2D eigenvalue weighted by molar-refractivity contribution is -0.123. The summed E-state index contributed by atoms with van der Waals surface area (Å²) in [6, 6.07) is 11.0. The monoisotopic (exact) mass is 353 g/mol.